The van der Waals surface area contributed by atoms with Crippen molar-refractivity contribution < 1.29 is 0 Å². The minimum atomic E-state index is 0.299. The van der Waals surface area contributed by atoms with Crippen LogP contribution in [-0.2, 0) is 6.54 Å². The zero-order valence-electron chi connectivity index (χ0n) is 15.1. The van der Waals surface area contributed by atoms with E-state index in [-0.39, 0.29) is 0 Å². The van der Waals surface area contributed by atoms with Crippen LogP contribution >= 0.6 is 0 Å². The zero-order valence-corrected chi connectivity index (χ0v) is 15.1. The molecule has 0 heterocycles. The summed E-state index contributed by atoms with van der Waals surface area (Å²) in [5, 5.41) is 3.50. The number of nitrogens with one attached hydrogen (secondary N) is 1. The van der Waals surface area contributed by atoms with Crippen molar-refractivity contribution >= 4 is 5.96 Å². The van der Waals surface area contributed by atoms with E-state index in [0.29, 0.717) is 12.6 Å². The molecule has 0 fully saturated rings. The summed E-state index contributed by atoms with van der Waals surface area (Å²) in [6.07, 6.45) is 0. The molecule has 0 saturated carbocycles. The number of nitrogens with zero attached hydrogens (tertiary/aromatic N) is 3. The molecule has 2 aromatic rings. The SMILES string of the molecule is CN(C)C(=NCc1ccccc1)NCC(c1ccccc1)N(C)C. The molecule has 1 unspecified atom stereocenters. The lowest BCUT2D eigenvalue weighted by atomic mass is 10.1. The summed E-state index contributed by atoms with van der Waals surface area (Å²) in [5.74, 6) is 0.904. The third-order valence-corrected chi connectivity index (χ3v) is 3.94. The van der Waals surface area contributed by atoms with Crippen LogP contribution in [0.5, 0.6) is 0 Å². The van der Waals surface area contributed by atoms with Crippen LogP contribution in [0.1, 0.15) is 17.2 Å². The molecule has 1 N–H and O–H groups in total. The first-order valence-electron chi connectivity index (χ1n) is 8.29. The quantitative estimate of drug-likeness (QED) is 0.654. The van der Waals surface area contributed by atoms with Gasteiger partial charge in [0, 0.05) is 20.6 Å². The molecule has 0 aromatic heterocycles. The normalized spacial score (nSPS) is 13.0. The second-order valence-electron chi connectivity index (χ2n) is 6.29. The Morgan fingerprint density at radius 1 is 0.917 bits per heavy atom. The van der Waals surface area contributed by atoms with E-state index < -0.39 is 0 Å². The van der Waals surface area contributed by atoms with Crippen molar-refractivity contribution in [1.29, 1.82) is 0 Å². The summed E-state index contributed by atoms with van der Waals surface area (Å²) in [4.78, 5) is 8.99. The van der Waals surface area contributed by atoms with Crippen LogP contribution in [0.25, 0.3) is 0 Å². The second-order valence-corrected chi connectivity index (χ2v) is 6.29. The van der Waals surface area contributed by atoms with Crippen LogP contribution in [0, 0.1) is 0 Å². The van der Waals surface area contributed by atoms with Gasteiger partial charge in [0.1, 0.15) is 0 Å². The fraction of sp³-hybridized carbons (Fsp3) is 0.350. The maximum atomic E-state index is 4.73. The average Bonchev–Trinajstić information content (AvgIpc) is 2.59. The third kappa shape index (κ3) is 5.39. The average molecular weight is 324 g/mol. The van der Waals surface area contributed by atoms with Crippen LogP contribution in [0.2, 0.25) is 0 Å². The van der Waals surface area contributed by atoms with Crippen molar-refractivity contribution in [2.75, 3.05) is 34.7 Å². The first-order chi connectivity index (χ1) is 11.6. The molecular weight excluding hydrogens is 296 g/mol. The highest BCUT2D eigenvalue weighted by molar-refractivity contribution is 5.79. The lowest BCUT2D eigenvalue weighted by molar-refractivity contribution is 0.296. The van der Waals surface area contributed by atoms with Gasteiger partial charge in [-0.15, -0.1) is 0 Å². The largest absolute Gasteiger partial charge is 0.354 e. The van der Waals surface area contributed by atoms with Gasteiger partial charge >= 0.3 is 0 Å². The van der Waals surface area contributed by atoms with Crippen molar-refractivity contribution in [1.82, 2.24) is 15.1 Å². The fourth-order valence-electron chi connectivity index (χ4n) is 2.57. The Hall–Kier alpha value is -2.33. The summed E-state index contributed by atoms with van der Waals surface area (Å²) in [6, 6.07) is 21.2. The molecule has 128 valence electrons. The van der Waals surface area contributed by atoms with Crippen LogP contribution in [0.4, 0.5) is 0 Å². The number of guanidine groups is 1. The van der Waals surface area contributed by atoms with E-state index in [2.05, 4.69) is 66.8 Å². The van der Waals surface area contributed by atoms with Gasteiger partial charge in [-0.1, -0.05) is 60.7 Å². The maximum absolute atomic E-state index is 4.73. The molecule has 0 saturated heterocycles. The molecular formula is C20H28N4. The lowest BCUT2D eigenvalue weighted by Crippen LogP contribution is -2.41. The molecule has 0 aliphatic rings. The monoisotopic (exact) mass is 324 g/mol. The number of hydrogen-bond donors (Lipinski definition) is 1. The van der Waals surface area contributed by atoms with Crippen LogP contribution in [-0.4, -0.2) is 50.5 Å². The van der Waals surface area contributed by atoms with Crippen LogP contribution in [0.15, 0.2) is 65.7 Å². The number of likely N-dealkylation sites (N-methyl/N-ethyl adjacent to an activating group) is 1. The molecule has 1 atom stereocenters. The molecule has 0 aliphatic heterocycles. The molecule has 0 aliphatic carbocycles. The van der Waals surface area contributed by atoms with E-state index in [1.54, 1.807) is 0 Å². The van der Waals surface area contributed by atoms with Gasteiger partial charge in [-0.3, -0.25) is 0 Å². The highest BCUT2D eigenvalue weighted by atomic mass is 15.3. The van der Waals surface area contributed by atoms with E-state index in [1.165, 1.54) is 11.1 Å². The predicted molar refractivity (Wildman–Crippen MR) is 102 cm³/mol. The number of benzene rings is 2. The van der Waals surface area contributed by atoms with E-state index in [4.69, 9.17) is 4.99 Å². The summed E-state index contributed by atoms with van der Waals surface area (Å²) in [5.41, 5.74) is 2.52. The smallest absolute Gasteiger partial charge is 0.193 e. The van der Waals surface area contributed by atoms with Crippen molar-refractivity contribution in [2.45, 2.75) is 12.6 Å². The van der Waals surface area contributed by atoms with E-state index in [9.17, 15) is 0 Å². The Kier molecular flexibility index (Phi) is 6.82. The highest BCUT2D eigenvalue weighted by Crippen LogP contribution is 2.16. The summed E-state index contributed by atoms with van der Waals surface area (Å²) in [7, 11) is 8.25. The molecule has 2 aromatic carbocycles. The number of rotatable bonds is 6. The Balaban J connectivity index is 2.04. The van der Waals surface area contributed by atoms with Crippen LogP contribution in [0.3, 0.4) is 0 Å². The molecule has 0 spiro atoms. The molecule has 0 bridgehead atoms. The maximum Gasteiger partial charge on any atom is 0.193 e. The van der Waals surface area contributed by atoms with Gasteiger partial charge in [0.2, 0.25) is 0 Å². The lowest BCUT2D eigenvalue weighted by Gasteiger charge is -2.27. The Morgan fingerprint density at radius 2 is 1.50 bits per heavy atom. The van der Waals surface area contributed by atoms with Crippen molar-refractivity contribution in [2.24, 2.45) is 4.99 Å². The van der Waals surface area contributed by atoms with Gasteiger partial charge in [-0.05, 0) is 25.2 Å². The molecule has 0 radical (unpaired) electrons. The van der Waals surface area contributed by atoms with Gasteiger partial charge in [0.15, 0.2) is 5.96 Å². The predicted octanol–water partition coefficient (Wildman–Crippen LogP) is 3.00. The van der Waals surface area contributed by atoms with E-state index in [0.717, 1.165) is 12.5 Å². The first-order valence-corrected chi connectivity index (χ1v) is 8.29. The zero-order chi connectivity index (χ0) is 17.4. The van der Waals surface area contributed by atoms with Crippen molar-refractivity contribution in [3.05, 3.63) is 71.8 Å². The summed E-state index contributed by atoms with van der Waals surface area (Å²) in [6.45, 7) is 1.49. The highest BCUT2D eigenvalue weighted by Gasteiger charge is 2.14. The molecule has 4 heteroatoms. The number of aliphatic imine (C=N–C) groups is 1. The molecule has 4 nitrogen and oxygen atoms in total. The molecule has 2 rings (SSSR count). The van der Waals surface area contributed by atoms with Crippen molar-refractivity contribution in [3.63, 3.8) is 0 Å². The topological polar surface area (TPSA) is 30.9 Å². The molecule has 24 heavy (non-hydrogen) atoms. The van der Waals surface area contributed by atoms with E-state index >= 15 is 0 Å². The standard InChI is InChI=1S/C20H28N4/c1-23(2)19(18-13-9-6-10-14-18)16-22-20(24(3)4)21-15-17-11-7-5-8-12-17/h5-14,19H,15-16H2,1-4H3,(H,21,22). The van der Waals surface area contributed by atoms with Gasteiger partial charge in [0.05, 0.1) is 12.6 Å². The van der Waals surface area contributed by atoms with Gasteiger partial charge in [-0.2, -0.15) is 0 Å². The third-order valence-electron chi connectivity index (χ3n) is 3.94. The minimum absolute atomic E-state index is 0.299. The Labute approximate surface area is 145 Å². The Bertz CT molecular complexity index is 621. The van der Waals surface area contributed by atoms with Gasteiger partial charge in [-0.25, -0.2) is 4.99 Å². The van der Waals surface area contributed by atoms with Crippen molar-refractivity contribution in [3.8, 4) is 0 Å². The van der Waals surface area contributed by atoms with E-state index in [1.807, 2.05) is 37.2 Å². The van der Waals surface area contributed by atoms with Crippen LogP contribution < -0.4 is 5.32 Å². The summed E-state index contributed by atoms with van der Waals surface area (Å²) >= 11 is 0. The first kappa shape index (κ1) is 18.0. The number of hydrogen-bond acceptors (Lipinski definition) is 2. The Morgan fingerprint density at radius 3 is 2.04 bits per heavy atom. The second kappa shape index (κ2) is 9.08. The summed E-state index contributed by atoms with van der Waals surface area (Å²) < 4.78 is 0. The minimum Gasteiger partial charge on any atom is -0.354 e. The fourth-order valence-corrected chi connectivity index (χ4v) is 2.57. The van der Waals surface area contributed by atoms with Gasteiger partial charge in [0.25, 0.3) is 0 Å². The van der Waals surface area contributed by atoms with Gasteiger partial charge < -0.3 is 15.1 Å². The molecule has 0 amide bonds.